The normalized spacial score (nSPS) is 35.4. The average molecular weight is 576 g/mol. The Morgan fingerprint density at radius 1 is 1.23 bits per heavy atom. The topological polar surface area (TPSA) is 111 Å². The van der Waals surface area contributed by atoms with Crippen LogP contribution >= 0.6 is 27.7 Å². The van der Waals surface area contributed by atoms with Crippen LogP contribution in [0.1, 0.15) is 33.6 Å². The predicted molar refractivity (Wildman–Crippen MR) is 138 cm³/mol. The van der Waals surface area contributed by atoms with E-state index in [-0.39, 0.29) is 40.3 Å². The first-order valence-corrected chi connectivity index (χ1v) is 14.7. The van der Waals surface area contributed by atoms with Crippen LogP contribution in [0.2, 0.25) is 0 Å². The van der Waals surface area contributed by atoms with E-state index in [0.717, 1.165) is 26.1 Å². The summed E-state index contributed by atoms with van der Waals surface area (Å²) < 4.78 is 4.72. The summed E-state index contributed by atoms with van der Waals surface area (Å²) in [6.07, 6.45) is 1.46. The van der Waals surface area contributed by atoms with Gasteiger partial charge in [-0.2, -0.15) is 0 Å². The van der Waals surface area contributed by atoms with Crippen LogP contribution in [0.25, 0.3) is 0 Å². The molecule has 0 aromatic heterocycles. The second-order valence-electron chi connectivity index (χ2n) is 10.4. The van der Waals surface area contributed by atoms with Crippen molar-refractivity contribution in [2.45, 2.75) is 60.5 Å². The lowest BCUT2D eigenvalue weighted by atomic mass is 9.70. The number of hydrogen-bond acceptors (Lipinski definition) is 7. The van der Waals surface area contributed by atoms with Crippen molar-refractivity contribution in [3.63, 3.8) is 0 Å². The smallest absolute Gasteiger partial charge is 0.244 e. The minimum Gasteiger partial charge on any atom is -0.394 e. The van der Waals surface area contributed by atoms with Gasteiger partial charge in [-0.15, -0.1) is 11.8 Å². The number of carbonyl (C=O) groups is 3. The Bertz CT molecular complexity index is 813. The molecule has 4 rings (SSSR count). The number of nitrogens with one attached hydrogen (secondary N) is 2. The Labute approximate surface area is 220 Å². The number of aliphatic hydroxyl groups is 1. The first kappa shape index (κ1) is 27.2. The summed E-state index contributed by atoms with van der Waals surface area (Å²) in [5, 5.41) is 16.3. The Morgan fingerprint density at radius 3 is 2.54 bits per heavy atom. The quantitative estimate of drug-likeness (QED) is 0.325. The van der Waals surface area contributed by atoms with Gasteiger partial charge >= 0.3 is 0 Å². The molecular weight excluding hydrogens is 536 g/mol. The molecule has 35 heavy (non-hydrogen) atoms. The summed E-state index contributed by atoms with van der Waals surface area (Å²) in [7, 11) is 0. The number of fused-ring (bicyclic) bond motifs is 1. The van der Waals surface area contributed by atoms with Crippen molar-refractivity contribution >= 4 is 45.4 Å². The lowest BCUT2D eigenvalue weighted by molar-refractivity contribution is -0.143. The zero-order valence-electron chi connectivity index (χ0n) is 20.9. The molecule has 11 heteroatoms. The van der Waals surface area contributed by atoms with Crippen molar-refractivity contribution in [3.05, 3.63) is 0 Å². The number of halogens is 1. The maximum absolute atomic E-state index is 14.0. The van der Waals surface area contributed by atoms with Gasteiger partial charge in [0.15, 0.2) is 0 Å². The van der Waals surface area contributed by atoms with Gasteiger partial charge in [-0.1, -0.05) is 36.7 Å². The number of thioether (sulfide) groups is 1. The summed E-state index contributed by atoms with van der Waals surface area (Å²) in [6, 6.07) is -1.20. The van der Waals surface area contributed by atoms with Crippen LogP contribution in [0.5, 0.6) is 0 Å². The van der Waals surface area contributed by atoms with Crippen LogP contribution in [-0.2, 0) is 19.1 Å². The molecule has 198 valence electrons. The van der Waals surface area contributed by atoms with Gasteiger partial charge < -0.3 is 25.4 Å². The van der Waals surface area contributed by atoms with Crippen molar-refractivity contribution in [1.82, 2.24) is 20.4 Å². The summed E-state index contributed by atoms with van der Waals surface area (Å²) in [5.41, 5.74) is 0. The molecule has 2 bridgehead atoms. The second-order valence-corrected chi connectivity index (χ2v) is 13.2. The van der Waals surface area contributed by atoms with E-state index in [4.69, 9.17) is 4.74 Å². The zero-order chi connectivity index (χ0) is 25.3. The summed E-state index contributed by atoms with van der Waals surface area (Å²) >= 11 is 5.41. The Morgan fingerprint density at radius 2 is 1.91 bits per heavy atom. The number of nitrogens with zero attached hydrogens (tertiary/aromatic N) is 2. The molecule has 7 atom stereocenters. The highest BCUT2D eigenvalue weighted by atomic mass is 79.9. The fourth-order valence-electron chi connectivity index (χ4n) is 6.27. The van der Waals surface area contributed by atoms with E-state index in [1.807, 2.05) is 20.8 Å². The number of aliphatic hydroxyl groups excluding tert-OH is 1. The van der Waals surface area contributed by atoms with Gasteiger partial charge in [-0.25, -0.2) is 0 Å². The highest BCUT2D eigenvalue weighted by Crippen LogP contribution is 2.68. The molecule has 4 aliphatic rings. The van der Waals surface area contributed by atoms with Crippen LogP contribution in [0, 0.1) is 17.8 Å². The van der Waals surface area contributed by atoms with Gasteiger partial charge in [0.2, 0.25) is 17.7 Å². The zero-order valence-corrected chi connectivity index (χ0v) is 23.3. The molecule has 9 nitrogen and oxygen atoms in total. The molecular formula is C24H39BrN4O5S. The van der Waals surface area contributed by atoms with Gasteiger partial charge in [0.25, 0.3) is 0 Å². The molecule has 0 aliphatic carbocycles. The standard InChI is InChI=1S/C24H39BrN4O5S/c1-4-5-26-21(31)17-18-23(33)29(16(13-30)14(2)3)20(24(18)12-15(25)19(17)35-24)22(32)27-6-7-28-8-10-34-11-9-28/h14-20,30H,4-13H2,1-3H3,(H,26,31)(H,27,32)/t15?,16-,17-,18-,19-,20?,24?/m0/s1. The van der Waals surface area contributed by atoms with Crippen molar-refractivity contribution in [3.8, 4) is 0 Å². The van der Waals surface area contributed by atoms with Crippen LogP contribution in [0.3, 0.4) is 0 Å². The van der Waals surface area contributed by atoms with Crippen LogP contribution in [-0.4, -0.2) is 112 Å². The third-order valence-corrected chi connectivity index (χ3v) is 11.2. The number of hydrogen-bond donors (Lipinski definition) is 3. The number of ether oxygens (including phenoxy) is 1. The molecule has 4 heterocycles. The van der Waals surface area contributed by atoms with Gasteiger partial charge in [-0.05, 0) is 18.8 Å². The number of morpholine rings is 1. The molecule has 1 spiro atoms. The maximum atomic E-state index is 14.0. The first-order chi connectivity index (χ1) is 16.8. The van der Waals surface area contributed by atoms with E-state index in [2.05, 4.69) is 31.5 Å². The van der Waals surface area contributed by atoms with E-state index in [1.165, 1.54) is 0 Å². The van der Waals surface area contributed by atoms with Crippen molar-refractivity contribution in [2.24, 2.45) is 17.8 Å². The molecule has 0 aromatic rings. The summed E-state index contributed by atoms with van der Waals surface area (Å²) in [4.78, 5) is 45.0. The van der Waals surface area contributed by atoms with Crippen molar-refractivity contribution in [1.29, 1.82) is 0 Å². The highest BCUT2D eigenvalue weighted by Gasteiger charge is 2.76. The van der Waals surface area contributed by atoms with Crippen LogP contribution in [0.4, 0.5) is 0 Å². The third-order valence-electron chi connectivity index (χ3n) is 7.97. The third kappa shape index (κ3) is 4.87. The molecule has 4 fully saturated rings. The molecule has 0 aromatic carbocycles. The fourth-order valence-corrected chi connectivity index (χ4v) is 9.87. The van der Waals surface area contributed by atoms with E-state index in [0.29, 0.717) is 32.7 Å². The van der Waals surface area contributed by atoms with E-state index in [9.17, 15) is 19.5 Å². The number of rotatable bonds is 10. The average Bonchev–Trinajstić information content (AvgIpc) is 3.42. The molecule has 0 saturated carbocycles. The summed E-state index contributed by atoms with van der Waals surface area (Å²) in [6.45, 7) is 10.5. The summed E-state index contributed by atoms with van der Waals surface area (Å²) in [5.74, 6) is -1.54. The van der Waals surface area contributed by atoms with Gasteiger partial charge in [0, 0.05) is 42.8 Å². The Balaban J connectivity index is 1.61. The molecule has 4 aliphatic heterocycles. The van der Waals surface area contributed by atoms with Gasteiger partial charge in [0.1, 0.15) is 6.04 Å². The van der Waals surface area contributed by atoms with Gasteiger partial charge in [-0.3, -0.25) is 19.3 Å². The predicted octanol–water partition coefficient (Wildman–Crippen LogP) is 0.443. The Hall–Kier alpha value is -0.880. The number of carbonyl (C=O) groups excluding carboxylic acids is 3. The minimum absolute atomic E-state index is 0.0304. The van der Waals surface area contributed by atoms with E-state index in [1.54, 1.807) is 16.7 Å². The minimum atomic E-state index is -0.719. The molecule has 0 radical (unpaired) electrons. The molecule has 3 N–H and O–H groups in total. The number of amides is 3. The highest BCUT2D eigenvalue weighted by molar-refractivity contribution is 9.09. The fraction of sp³-hybridized carbons (Fsp3) is 0.875. The maximum Gasteiger partial charge on any atom is 0.244 e. The van der Waals surface area contributed by atoms with Crippen LogP contribution < -0.4 is 10.6 Å². The molecule has 3 unspecified atom stereocenters. The first-order valence-electron chi connectivity index (χ1n) is 12.9. The van der Waals surface area contributed by atoms with E-state index < -0.39 is 28.7 Å². The SMILES string of the molecule is CCCNC(=O)[C@H]1[C@H]2C(=O)N([C@@H](CO)C(C)C)C(C(=O)NCCN3CCOCC3)C23CC(Br)[C@@H]1S3. The molecule has 3 amide bonds. The van der Waals surface area contributed by atoms with E-state index >= 15 is 0 Å². The van der Waals surface area contributed by atoms with Crippen molar-refractivity contribution in [2.75, 3.05) is 52.5 Å². The molecule has 4 saturated heterocycles. The van der Waals surface area contributed by atoms with Crippen molar-refractivity contribution < 1.29 is 24.2 Å². The monoisotopic (exact) mass is 574 g/mol. The lowest BCUT2D eigenvalue weighted by Gasteiger charge is -2.38. The lowest BCUT2D eigenvalue weighted by Crippen LogP contribution is -2.58. The number of likely N-dealkylation sites (tertiary alicyclic amines) is 1. The second kappa shape index (κ2) is 11.2. The number of alkyl halides is 1. The van der Waals surface area contributed by atoms with Gasteiger partial charge in [0.05, 0.1) is 42.4 Å². The Kier molecular flexibility index (Phi) is 8.73. The largest absolute Gasteiger partial charge is 0.394 e. The van der Waals surface area contributed by atoms with Crippen LogP contribution in [0.15, 0.2) is 0 Å².